The first kappa shape index (κ1) is 14.9. The zero-order valence-corrected chi connectivity index (χ0v) is 11.6. The van der Waals surface area contributed by atoms with Gasteiger partial charge in [-0.2, -0.15) is 0 Å². The van der Waals surface area contributed by atoms with Crippen LogP contribution in [0.5, 0.6) is 0 Å². The van der Waals surface area contributed by atoms with Crippen LogP contribution in [0.4, 0.5) is 8.78 Å². The lowest BCUT2D eigenvalue weighted by molar-refractivity contribution is -0.127. The van der Waals surface area contributed by atoms with E-state index < -0.39 is 27.6 Å². The number of nitrogens with zero attached hydrogens (tertiary/aromatic N) is 1. The van der Waals surface area contributed by atoms with Crippen LogP contribution in [-0.2, 0) is 14.6 Å². The third kappa shape index (κ3) is 3.31. The number of carbonyl (C=O) groups is 1. The van der Waals surface area contributed by atoms with Crippen molar-refractivity contribution in [2.24, 2.45) is 0 Å². The molecular formula is C12H14F2N2O3S. The van der Waals surface area contributed by atoms with E-state index in [4.69, 9.17) is 0 Å². The summed E-state index contributed by atoms with van der Waals surface area (Å²) in [7, 11) is -3.21. The number of amides is 1. The third-order valence-electron chi connectivity index (χ3n) is 3.04. The van der Waals surface area contributed by atoms with Crippen LogP contribution in [0.3, 0.4) is 0 Å². The summed E-state index contributed by atoms with van der Waals surface area (Å²) < 4.78 is 48.5. The van der Waals surface area contributed by atoms with Gasteiger partial charge in [-0.25, -0.2) is 17.2 Å². The maximum Gasteiger partial charge on any atom is 0.238 e. The molecule has 1 heterocycles. The Kier molecular flexibility index (Phi) is 4.05. The third-order valence-corrected chi connectivity index (χ3v) is 3.97. The highest BCUT2D eigenvalue weighted by Crippen LogP contribution is 2.23. The van der Waals surface area contributed by atoms with Crippen molar-refractivity contribution in [3.05, 3.63) is 35.4 Å². The Morgan fingerprint density at radius 1 is 1.35 bits per heavy atom. The van der Waals surface area contributed by atoms with Crippen molar-refractivity contribution in [3.63, 3.8) is 0 Å². The Bertz CT molecular complexity index is 634. The molecule has 5 nitrogen and oxygen atoms in total. The summed E-state index contributed by atoms with van der Waals surface area (Å²) in [4.78, 5) is 13.0. The van der Waals surface area contributed by atoms with Gasteiger partial charge in [0.15, 0.2) is 11.6 Å². The van der Waals surface area contributed by atoms with E-state index in [-0.39, 0.29) is 24.7 Å². The second kappa shape index (κ2) is 5.45. The van der Waals surface area contributed by atoms with Crippen molar-refractivity contribution in [1.29, 1.82) is 0 Å². The molecule has 0 bridgehead atoms. The van der Waals surface area contributed by atoms with E-state index in [0.29, 0.717) is 5.56 Å². The van der Waals surface area contributed by atoms with Gasteiger partial charge in [-0.1, -0.05) is 6.07 Å². The van der Waals surface area contributed by atoms with Crippen LogP contribution >= 0.6 is 0 Å². The van der Waals surface area contributed by atoms with Crippen LogP contribution in [-0.4, -0.2) is 44.3 Å². The van der Waals surface area contributed by atoms with E-state index in [2.05, 4.69) is 5.32 Å². The summed E-state index contributed by atoms with van der Waals surface area (Å²) >= 11 is 0. The SMILES string of the molecule is CS(=O)(=O)CCN1C(=O)CNC1c1ccc(F)c(F)c1. The minimum atomic E-state index is -3.21. The molecule has 2 rings (SSSR count). The summed E-state index contributed by atoms with van der Waals surface area (Å²) in [6.07, 6.45) is 0.437. The summed E-state index contributed by atoms with van der Waals surface area (Å²) in [6, 6.07) is 3.34. The predicted octanol–water partition coefficient (Wildman–Crippen LogP) is 0.440. The molecule has 0 aromatic heterocycles. The number of nitrogens with one attached hydrogen (secondary N) is 1. The Morgan fingerprint density at radius 3 is 2.65 bits per heavy atom. The van der Waals surface area contributed by atoms with E-state index in [9.17, 15) is 22.0 Å². The van der Waals surface area contributed by atoms with Crippen molar-refractivity contribution < 1.29 is 22.0 Å². The lowest BCUT2D eigenvalue weighted by Gasteiger charge is -2.24. The fraction of sp³-hybridized carbons (Fsp3) is 0.417. The Labute approximate surface area is 115 Å². The molecule has 0 aliphatic carbocycles. The largest absolute Gasteiger partial charge is 0.321 e. The molecule has 0 saturated carbocycles. The highest BCUT2D eigenvalue weighted by atomic mass is 32.2. The monoisotopic (exact) mass is 304 g/mol. The Hall–Kier alpha value is -1.54. The van der Waals surface area contributed by atoms with Gasteiger partial charge in [0.25, 0.3) is 0 Å². The molecule has 8 heteroatoms. The fourth-order valence-electron chi connectivity index (χ4n) is 2.04. The highest BCUT2D eigenvalue weighted by Gasteiger charge is 2.32. The number of hydrogen-bond donors (Lipinski definition) is 1. The van der Waals surface area contributed by atoms with E-state index in [0.717, 1.165) is 18.4 Å². The topological polar surface area (TPSA) is 66.5 Å². The minimum Gasteiger partial charge on any atom is -0.321 e. The molecule has 1 amide bonds. The number of hydrogen-bond acceptors (Lipinski definition) is 4. The van der Waals surface area contributed by atoms with Gasteiger partial charge in [-0.15, -0.1) is 0 Å². The number of carbonyl (C=O) groups excluding carboxylic acids is 1. The quantitative estimate of drug-likeness (QED) is 0.876. The van der Waals surface area contributed by atoms with E-state index in [1.54, 1.807) is 0 Å². The number of halogens is 2. The second-order valence-corrected chi connectivity index (χ2v) is 6.93. The Morgan fingerprint density at radius 2 is 2.05 bits per heavy atom. The molecule has 110 valence electrons. The molecule has 1 aliphatic rings. The minimum absolute atomic E-state index is 0.00826. The van der Waals surface area contributed by atoms with Crippen molar-refractivity contribution in [1.82, 2.24) is 10.2 Å². The zero-order valence-electron chi connectivity index (χ0n) is 10.8. The molecule has 1 unspecified atom stereocenters. The van der Waals surface area contributed by atoms with Gasteiger partial charge in [0, 0.05) is 12.8 Å². The van der Waals surface area contributed by atoms with Gasteiger partial charge in [-0.05, 0) is 17.7 Å². The van der Waals surface area contributed by atoms with Crippen molar-refractivity contribution >= 4 is 15.7 Å². The second-order valence-electron chi connectivity index (χ2n) is 4.67. The first-order valence-corrected chi connectivity index (χ1v) is 7.99. The van der Waals surface area contributed by atoms with Crippen LogP contribution in [0.2, 0.25) is 0 Å². The lowest BCUT2D eigenvalue weighted by atomic mass is 10.1. The molecule has 1 N–H and O–H groups in total. The smallest absolute Gasteiger partial charge is 0.238 e. The molecule has 1 aliphatic heterocycles. The molecule has 1 aromatic rings. The van der Waals surface area contributed by atoms with E-state index >= 15 is 0 Å². The molecule has 1 atom stereocenters. The van der Waals surface area contributed by atoms with Crippen molar-refractivity contribution in [2.75, 3.05) is 25.1 Å². The van der Waals surface area contributed by atoms with Gasteiger partial charge in [-0.3, -0.25) is 10.1 Å². The lowest BCUT2D eigenvalue weighted by Crippen LogP contribution is -2.34. The van der Waals surface area contributed by atoms with Crippen LogP contribution in [0.15, 0.2) is 18.2 Å². The summed E-state index contributed by atoms with van der Waals surface area (Å²) in [5.41, 5.74) is 0.378. The average molecular weight is 304 g/mol. The maximum absolute atomic E-state index is 13.2. The molecule has 0 radical (unpaired) electrons. The Balaban J connectivity index is 2.21. The standard InChI is InChI=1S/C12H14F2N2O3S/c1-20(18,19)5-4-16-11(17)7-15-12(16)8-2-3-9(13)10(14)6-8/h2-3,6,12,15H,4-5,7H2,1H3. The van der Waals surface area contributed by atoms with Gasteiger partial charge in [0.1, 0.15) is 16.0 Å². The molecule has 0 spiro atoms. The first-order valence-electron chi connectivity index (χ1n) is 5.93. The molecule has 1 saturated heterocycles. The summed E-state index contributed by atoms with van der Waals surface area (Å²) in [6.45, 7) is 0.0434. The number of rotatable bonds is 4. The van der Waals surface area contributed by atoms with Gasteiger partial charge < -0.3 is 4.90 Å². The zero-order chi connectivity index (χ0) is 14.9. The van der Waals surface area contributed by atoms with Gasteiger partial charge in [0.05, 0.1) is 12.3 Å². The van der Waals surface area contributed by atoms with Crippen LogP contribution < -0.4 is 5.32 Å². The molecule has 1 aromatic carbocycles. The van der Waals surface area contributed by atoms with Crippen molar-refractivity contribution in [2.45, 2.75) is 6.17 Å². The van der Waals surface area contributed by atoms with E-state index in [1.807, 2.05) is 0 Å². The molecule has 20 heavy (non-hydrogen) atoms. The maximum atomic E-state index is 13.2. The van der Waals surface area contributed by atoms with Crippen LogP contribution in [0.1, 0.15) is 11.7 Å². The van der Waals surface area contributed by atoms with Crippen LogP contribution in [0, 0.1) is 11.6 Å². The van der Waals surface area contributed by atoms with E-state index in [1.165, 1.54) is 11.0 Å². The molecular weight excluding hydrogens is 290 g/mol. The van der Waals surface area contributed by atoms with Gasteiger partial charge >= 0.3 is 0 Å². The average Bonchev–Trinajstić information content (AvgIpc) is 2.71. The normalized spacial score (nSPS) is 19.6. The molecule has 1 fully saturated rings. The fourth-order valence-corrected chi connectivity index (χ4v) is 2.57. The first-order chi connectivity index (χ1) is 9.28. The van der Waals surface area contributed by atoms with Gasteiger partial charge in [0.2, 0.25) is 5.91 Å². The summed E-state index contributed by atoms with van der Waals surface area (Å²) in [5, 5.41) is 2.85. The number of benzene rings is 1. The predicted molar refractivity (Wildman–Crippen MR) is 68.5 cm³/mol. The highest BCUT2D eigenvalue weighted by molar-refractivity contribution is 7.90. The van der Waals surface area contributed by atoms with Crippen molar-refractivity contribution in [3.8, 4) is 0 Å². The van der Waals surface area contributed by atoms with Crippen LogP contribution in [0.25, 0.3) is 0 Å². The summed E-state index contributed by atoms with van der Waals surface area (Å²) in [5.74, 6) is -2.43. The number of sulfone groups is 1.